The van der Waals surface area contributed by atoms with E-state index < -0.39 is 0 Å². The van der Waals surface area contributed by atoms with E-state index in [1.807, 2.05) is 7.05 Å². The maximum Gasteiger partial charge on any atom is 0.170 e. The molecule has 0 aliphatic rings. The Morgan fingerprint density at radius 3 is 2.67 bits per heavy atom. The molecule has 15 heavy (non-hydrogen) atoms. The Bertz CT molecular complexity index is 436. The number of rotatable bonds is 3. The topological polar surface area (TPSA) is 60.2 Å². The molecule has 0 unspecified atom stereocenters. The second kappa shape index (κ2) is 4.00. The van der Waals surface area contributed by atoms with Crippen molar-refractivity contribution in [2.45, 2.75) is 6.61 Å². The predicted octanol–water partition coefficient (Wildman–Crippen LogP) is 1.10. The average molecular weight is 205 g/mol. The molecule has 1 heterocycles. The summed E-state index contributed by atoms with van der Waals surface area (Å²) in [5, 5.41) is 16.7. The van der Waals surface area contributed by atoms with Gasteiger partial charge in [0, 0.05) is 7.05 Å². The van der Waals surface area contributed by atoms with Crippen LogP contribution in [0.2, 0.25) is 0 Å². The van der Waals surface area contributed by atoms with Crippen molar-refractivity contribution in [1.82, 2.24) is 14.8 Å². The molecule has 0 fully saturated rings. The van der Waals surface area contributed by atoms with E-state index in [9.17, 15) is 0 Å². The van der Waals surface area contributed by atoms with Gasteiger partial charge in [-0.1, -0.05) is 0 Å². The standard InChI is InChI=1S/C10H11N3O2/c1-13-7-11-12-10(13)6-15-9-4-2-8(14)3-5-9/h2-5,7,14H,6H2,1H3. The number of nitrogens with zero attached hydrogens (tertiary/aromatic N) is 3. The van der Waals surface area contributed by atoms with E-state index >= 15 is 0 Å². The van der Waals surface area contributed by atoms with Crippen LogP contribution in [0.25, 0.3) is 0 Å². The smallest absolute Gasteiger partial charge is 0.170 e. The van der Waals surface area contributed by atoms with Crippen molar-refractivity contribution in [2.24, 2.45) is 7.05 Å². The van der Waals surface area contributed by atoms with Crippen LogP contribution in [0.15, 0.2) is 30.6 Å². The number of aryl methyl sites for hydroxylation is 1. The third-order valence-corrected chi connectivity index (χ3v) is 2.01. The normalized spacial score (nSPS) is 10.2. The van der Waals surface area contributed by atoms with Crippen molar-refractivity contribution in [2.75, 3.05) is 0 Å². The minimum absolute atomic E-state index is 0.223. The highest BCUT2D eigenvalue weighted by Gasteiger charge is 2.01. The second-order valence-corrected chi connectivity index (χ2v) is 3.14. The van der Waals surface area contributed by atoms with Crippen molar-refractivity contribution in [3.63, 3.8) is 0 Å². The number of phenols is 1. The summed E-state index contributed by atoms with van der Waals surface area (Å²) in [5.41, 5.74) is 0. The number of aromatic nitrogens is 3. The molecule has 0 atom stereocenters. The maximum atomic E-state index is 9.07. The summed E-state index contributed by atoms with van der Waals surface area (Å²) < 4.78 is 7.24. The van der Waals surface area contributed by atoms with Gasteiger partial charge in [-0.3, -0.25) is 0 Å². The maximum absolute atomic E-state index is 9.07. The van der Waals surface area contributed by atoms with E-state index in [0.29, 0.717) is 12.4 Å². The molecule has 0 radical (unpaired) electrons. The van der Waals surface area contributed by atoms with Gasteiger partial charge >= 0.3 is 0 Å². The van der Waals surface area contributed by atoms with Gasteiger partial charge in [0.2, 0.25) is 0 Å². The van der Waals surface area contributed by atoms with E-state index in [1.165, 1.54) is 0 Å². The first-order chi connectivity index (χ1) is 7.25. The van der Waals surface area contributed by atoms with Gasteiger partial charge < -0.3 is 14.4 Å². The van der Waals surface area contributed by atoms with Crippen LogP contribution in [0.4, 0.5) is 0 Å². The molecule has 1 N–H and O–H groups in total. The average Bonchev–Trinajstić information content (AvgIpc) is 2.63. The Kier molecular flexibility index (Phi) is 2.53. The van der Waals surface area contributed by atoms with Gasteiger partial charge in [0.05, 0.1) is 0 Å². The zero-order valence-corrected chi connectivity index (χ0v) is 8.29. The first kappa shape index (κ1) is 9.51. The van der Waals surface area contributed by atoms with Gasteiger partial charge in [0.15, 0.2) is 5.82 Å². The summed E-state index contributed by atoms with van der Waals surface area (Å²) in [7, 11) is 1.86. The fraction of sp³-hybridized carbons (Fsp3) is 0.200. The van der Waals surface area contributed by atoms with Crippen LogP contribution in [-0.4, -0.2) is 19.9 Å². The van der Waals surface area contributed by atoms with Crippen molar-refractivity contribution < 1.29 is 9.84 Å². The number of hydrogen-bond acceptors (Lipinski definition) is 4. The van der Waals surface area contributed by atoms with E-state index in [2.05, 4.69) is 10.2 Å². The molecule has 1 aromatic heterocycles. The van der Waals surface area contributed by atoms with Crippen molar-refractivity contribution in [3.8, 4) is 11.5 Å². The van der Waals surface area contributed by atoms with E-state index in [4.69, 9.17) is 9.84 Å². The van der Waals surface area contributed by atoms with Gasteiger partial charge in [-0.15, -0.1) is 10.2 Å². The minimum Gasteiger partial charge on any atom is -0.508 e. The first-order valence-corrected chi connectivity index (χ1v) is 4.50. The third kappa shape index (κ3) is 2.25. The summed E-state index contributed by atoms with van der Waals surface area (Å²) in [5.74, 6) is 1.67. The van der Waals surface area contributed by atoms with Gasteiger partial charge in [0.1, 0.15) is 24.4 Å². The molecule has 0 bridgehead atoms. The molecule has 0 spiro atoms. The van der Waals surface area contributed by atoms with E-state index in [1.54, 1.807) is 35.2 Å². The third-order valence-electron chi connectivity index (χ3n) is 2.01. The molecule has 0 aliphatic heterocycles. The lowest BCUT2D eigenvalue weighted by molar-refractivity contribution is 0.291. The minimum atomic E-state index is 0.223. The molecule has 0 amide bonds. The summed E-state index contributed by atoms with van der Waals surface area (Å²) in [4.78, 5) is 0. The Morgan fingerprint density at radius 1 is 1.33 bits per heavy atom. The molecule has 5 heteroatoms. The van der Waals surface area contributed by atoms with Crippen LogP contribution in [0, 0.1) is 0 Å². The highest BCUT2D eigenvalue weighted by Crippen LogP contribution is 2.16. The lowest BCUT2D eigenvalue weighted by atomic mass is 10.3. The zero-order valence-electron chi connectivity index (χ0n) is 8.29. The van der Waals surface area contributed by atoms with Crippen LogP contribution < -0.4 is 4.74 Å². The van der Waals surface area contributed by atoms with Crippen LogP contribution in [-0.2, 0) is 13.7 Å². The number of hydrogen-bond donors (Lipinski definition) is 1. The van der Waals surface area contributed by atoms with E-state index in [-0.39, 0.29) is 5.75 Å². The quantitative estimate of drug-likeness (QED) is 0.815. The highest BCUT2D eigenvalue weighted by atomic mass is 16.5. The summed E-state index contributed by atoms with van der Waals surface area (Å²) >= 11 is 0. The molecule has 78 valence electrons. The van der Waals surface area contributed by atoms with Gasteiger partial charge in [0.25, 0.3) is 0 Å². The van der Waals surface area contributed by atoms with E-state index in [0.717, 1.165) is 5.82 Å². The number of ether oxygens (including phenoxy) is 1. The Labute approximate surface area is 87.0 Å². The van der Waals surface area contributed by atoms with Gasteiger partial charge in [-0.2, -0.15) is 0 Å². The van der Waals surface area contributed by atoms with Crippen molar-refractivity contribution in [1.29, 1.82) is 0 Å². The largest absolute Gasteiger partial charge is 0.508 e. The first-order valence-electron chi connectivity index (χ1n) is 4.50. The SMILES string of the molecule is Cn1cnnc1COc1ccc(O)cc1. The Balaban J connectivity index is 1.99. The Morgan fingerprint density at radius 2 is 2.07 bits per heavy atom. The highest BCUT2D eigenvalue weighted by molar-refractivity contribution is 5.30. The predicted molar refractivity (Wildman–Crippen MR) is 53.4 cm³/mol. The van der Waals surface area contributed by atoms with Crippen LogP contribution >= 0.6 is 0 Å². The number of phenolic OH excluding ortho intramolecular Hbond substituents is 1. The molecule has 0 saturated carbocycles. The fourth-order valence-electron chi connectivity index (χ4n) is 1.13. The van der Waals surface area contributed by atoms with Crippen molar-refractivity contribution in [3.05, 3.63) is 36.4 Å². The second-order valence-electron chi connectivity index (χ2n) is 3.14. The lowest BCUT2D eigenvalue weighted by Crippen LogP contribution is -2.02. The van der Waals surface area contributed by atoms with Crippen LogP contribution in [0.1, 0.15) is 5.82 Å². The molecule has 5 nitrogen and oxygen atoms in total. The molecule has 0 saturated heterocycles. The molecule has 2 aromatic rings. The summed E-state index contributed by atoms with van der Waals surface area (Å²) in [6.45, 7) is 0.362. The lowest BCUT2D eigenvalue weighted by Gasteiger charge is -2.04. The molecular formula is C10H11N3O2. The molecule has 2 rings (SSSR count). The van der Waals surface area contributed by atoms with Crippen LogP contribution in [0.5, 0.6) is 11.5 Å². The molecule has 0 aliphatic carbocycles. The van der Waals surface area contributed by atoms with Gasteiger partial charge in [-0.25, -0.2) is 0 Å². The monoisotopic (exact) mass is 205 g/mol. The number of benzene rings is 1. The Hall–Kier alpha value is -2.04. The zero-order chi connectivity index (χ0) is 10.7. The molecular weight excluding hydrogens is 194 g/mol. The van der Waals surface area contributed by atoms with Crippen LogP contribution in [0.3, 0.4) is 0 Å². The van der Waals surface area contributed by atoms with Gasteiger partial charge in [-0.05, 0) is 24.3 Å². The van der Waals surface area contributed by atoms with Crippen molar-refractivity contribution >= 4 is 0 Å². The summed E-state index contributed by atoms with van der Waals surface area (Å²) in [6.07, 6.45) is 1.62. The number of aromatic hydroxyl groups is 1. The summed E-state index contributed by atoms with van der Waals surface area (Å²) in [6, 6.07) is 6.55. The fourth-order valence-corrected chi connectivity index (χ4v) is 1.13. The molecule has 1 aromatic carbocycles.